The van der Waals surface area contributed by atoms with Gasteiger partial charge in [0.2, 0.25) is 0 Å². The summed E-state index contributed by atoms with van der Waals surface area (Å²) < 4.78 is 5.06. The molecular weight excluding hydrogens is 290 g/mol. The Morgan fingerprint density at radius 2 is 1.39 bits per heavy atom. The molecule has 0 aliphatic rings. The van der Waals surface area contributed by atoms with Crippen molar-refractivity contribution in [3.05, 3.63) is 0 Å². The van der Waals surface area contributed by atoms with E-state index in [1.165, 1.54) is 51.4 Å². The van der Waals surface area contributed by atoms with Crippen molar-refractivity contribution in [3.63, 3.8) is 0 Å². The van der Waals surface area contributed by atoms with Gasteiger partial charge in [-0.15, -0.1) is 0 Å². The van der Waals surface area contributed by atoms with Gasteiger partial charge in [-0.3, -0.25) is 0 Å². The van der Waals surface area contributed by atoms with Crippen molar-refractivity contribution in [2.75, 3.05) is 19.8 Å². The van der Waals surface area contributed by atoms with Crippen LogP contribution in [0.2, 0.25) is 0 Å². The lowest BCUT2D eigenvalue weighted by molar-refractivity contribution is 0.143. The highest BCUT2D eigenvalue weighted by Crippen LogP contribution is 2.22. The van der Waals surface area contributed by atoms with Gasteiger partial charge in [0.05, 0.1) is 6.61 Å². The fourth-order valence-corrected chi connectivity index (χ4v) is 2.48. The zero-order valence-electron chi connectivity index (χ0n) is 15.7. The van der Waals surface area contributed by atoms with Gasteiger partial charge in [0, 0.05) is 13.2 Å². The van der Waals surface area contributed by atoms with Crippen LogP contribution in [-0.4, -0.2) is 31.0 Å². The number of nitrogens with one attached hydrogen (secondary N) is 1. The normalized spacial score (nSPS) is 11.5. The van der Waals surface area contributed by atoms with E-state index in [0.29, 0.717) is 25.0 Å². The molecule has 4 heteroatoms. The van der Waals surface area contributed by atoms with Crippen LogP contribution in [0.5, 0.6) is 0 Å². The van der Waals surface area contributed by atoms with Gasteiger partial charge in [0.1, 0.15) is 0 Å². The molecule has 0 aromatic carbocycles. The molecule has 0 heterocycles. The first-order chi connectivity index (χ1) is 11.0. The Balaban J connectivity index is 3.15. The lowest BCUT2D eigenvalue weighted by atomic mass is 9.89. The number of carbonyl (C=O) groups excluding carboxylic acids is 1. The second-order valence-corrected chi connectivity index (χ2v) is 7.63. The highest BCUT2D eigenvalue weighted by molar-refractivity contribution is 5.66. The molecule has 0 fully saturated rings. The molecule has 0 spiro atoms. The lowest BCUT2D eigenvalue weighted by Crippen LogP contribution is -2.26. The lowest BCUT2D eigenvalue weighted by Gasteiger charge is -2.17. The molecule has 0 rings (SSSR count). The molecule has 4 nitrogen and oxygen atoms in total. The third-order valence-electron chi connectivity index (χ3n) is 3.91. The average molecular weight is 330 g/mol. The molecule has 0 saturated carbocycles. The van der Waals surface area contributed by atoms with Crippen molar-refractivity contribution < 1.29 is 14.6 Å². The quantitative estimate of drug-likeness (QED) is 0.439. The van der Waals surface area contributed by atoms with Crippen LogP contribution in [0, 0.1) is 5.41 Å². The van der Waals surface area contributed by atoms with Crippen LogP contribution in [0.15, 0.2) is 0 Å². The monoisotopic (exact) mass is 329 g/mol. The Bertz CT molecular complexity index is 274. The number of unbranched alkanes of at least 4 members (excludes halogenated alkanes) is 8. The Morgan fingerprint density at radius 1 is 0.870 bits per heavy atom. The van der Waals surface area contributed by atoms with Crippen molar-refractivity contribution in [2.45, 2.75) is 91.4 Å². The Labute approximate surface area is 143 Å². The molecule has 0 aromatic heterocycles. The summed E-state index contributed by atoms with van der Waals surface area (Å²) in [5, 5.41) is 11.2. The second kappa shape index (κ2) is 14.8. The number of rotatable bonds is 14. The molecule has 0 aliphatic heterocycles. The Morgan fingerprint density at radius 3 is 1.91 bits per heavy atom. The van der Waals surface area contributed by atoms with E-state index in [9.17, 15) is 4.79 Å². The number of ether oxygens (including phenoxy) is 1. The number of amides is 1. The van der Waals surface area contributed by atoms with Gasteiger partial charge >= 0.3 is 6.09 Å². The maximum atomic E-state index is 11.2. The summed E-state index contributed by atoms with van der Waals surface area (Å²) in [6, 6.07) is 0. The molecule has 0 radical (unpaired) electrons. The van der Waals surface area contributed by atoms with Crippen LogP contribution >= 0.6 is 0 Å². The van der Waals surface area contributed by atoms with Crippen LogP contribution in [-0.2, 0) is 4.74 Å². The first-order valence-electron chi connectivity index (χ1n) is 9.47. The van der Waals surface area contributed by atoms with Gasteiger partial charge in [-0.05, 0) is 24.7 Å². The van der Waals surface area contributed by atoms with Crippen LogP contribution in [0.3, 0.4) is 0 Å². The van der Waals surface area contributed by atoms with Gasteiger partial charge in [-0.25, -0.2) is 4.79 Å². The third kappa shape index (κ3) is 19.2. The van der Waals surface area contributed by atoms with Crippen molar-refractivity contribution in [1.82, 2.24) is 5.32 Å². The van der Waals surface area contributed by atoms with E-state index in [1.54, 1.807) is 0 Å². The van der Waals surface area contributed by atoms with Crippen LogP contribution in [0.4, 0.5) is 4.79 Å². The maximum Gasteiger partial charge on any atom is 0.407 e. The van der Waals surface area contributed by atoms with Gasteiger partial charge in [-0.1, -0.05) is 72.1 Å². The van der Waals surface area contributed by atoms with Crippen molar-refractivity contribution >= 4 is 6.09 Å². The predicted octanol–water partition coefficient (Wildman–Crippen LogP) is 5.04. The fourth-order valence-electron chi connectivity index (χ4n) is 2.48. The van der Waals surface area contributed by atoms with E-state index in [2.05, 4.69) is 26.1 Å². The number of carbonyl (C=O) groups is 1. The number of aliphatic hydroxyl groups excluding tert-OH is 1. The summed E-state index contributed by atoms with van der Waals surface area (Å²) in [5.41, 5.74) is 0.484. The fraction of sp³-hybridized carbons (Fsp3) is 0.947. The third-order valence-corrected chi connectivity index (χ3v) is 3.91. The minimum absolute atomic E-state index is 0.0941. The first kappa shape index (κ1) is 22.2. The number of alkyl carbamates (subject to hydrolysis) is 1. The molecule has 0 unspecified atom stereocenters. The molecule has 0 bridgehead atoms. The van der Waals surface area contributed by atoms with Crippen LogP contribution < -0.4 is 5.32 Å². The van der Waals surface area contributed by atoms with Crippen molar-refractivity contribution in [2.24, 2.45) is 5.41 Å². The van der Waals surface area contributed by atoms with E-state index >= 15 is 0 Å². The zero-order chi connectivity index (χ0) is 17.4. The molecule has 1 amide bonds. The van der Waals surface area contributed by atoms with E-state index in [-0.39, 0.29) is 12.7 Å². The molecule has 23 heavy (non-hydrogen) atoms. The molecule has 2 N–H and O–H groups in total. The van der Waals surface area contributed by atoms with Gasteiger partial charge < -0.3 is 15.2 Å². The largest absolute Gasteiger partial charge is 0.450 e. The molecule has 0 atom stereocenters. The van der Waals surface area contributed by atoms with E-state index in [1.807, 2.05) is 0 Å². The van der Waals surface area contributed by atoms with E-state index in [4.69, 9.17) is 9.84 Å². The SMILES string of the molecule is CC(C)(C)CCCCCCCCCCCOC(=O)NCCCO. The molecular formula is C19H39NO3. The molecule has 0 aromatic rings. The number of aliphatic hydroxyl groups is 1. The standard InChI is InChI=1S/C19H39NO3/c1-19(2,3)14-11-9-7-5-4-6-8-10-12-17-23-18(22)20-15-13-16-21/h21H,4-17H2,1-3H3,(H,20,22). The maximum absolute atomic E-state index is 11.2. The second-order valence-electron chi connectivity index (χ2n) is 7.63. The van der Waals surface area contributed by atoms with Crippen molar-refractivity contribution in [1.29, 1.82) is 0 Å². The zero-order valence-corrected chi connectivity index (χ0v) is 15.7. The Kier molecular flexibility index (Phi) is 14.3. The van der Waals surface area contributed by atoms with Gasteiger partial charge in [0.25, 0.3) is 0 Å². The summed E-state index contributed by atoms with van der Waals surface area (Å²) in [6.45, 7) is 8.01. The van der Waals surface area contributed by atoms with Gasteiger partial charge in [-0.2, -0.15) is 0 Å². The van der Waals surface area contributed by atoms with E-state index < -0.39 is 0 Å². The smallest absolute Gasteiger partial charge is 0.407 e. The Hall–Kier alpha value is -0.770. The predicted molar refractivity (Wildman–Crippen MR) is 96.7 cm³/mol. The average Bonchev–Trinajstić information content (AvgIpc) is 2.47. The summed E-state index contributed by atoms with van der Waals surface area (Å²) in [7, 11) is 0. The topological polar surface area (TPSA) is 58.6 Å². The summed E-state index contributed by atoms with van der Waals surface area (Å²) >= 11 is 0. The molecule has 138 valence electrons. The van der Waals surface area contributed by atoms with Crippen LogP contribution in [0.1, 0.15) is 91.4 Å². The first-order valence-corrected chi connectivity index (χ1v) is 9.47. The van der Waals surface area contributed by atoms with Gasteiger partial charge in [0.15, 0.2) is 0 Å². The minimum atomic E-state index is -0.367. The molecule has 0 saturated heterocycles. The summed E-state index contributed by atoms with van der Waals surface area (Å²) in [6.07, 6.45) is 12.9. The highest BCUT2D eigenvalue weighted by Gasteiger charge is 2.08. The number of hydrogen-bond donors (Lipinski definition) is 2. The summed E-state index contributed by atoms with van der Waals surface area (Å²) in [5.74, 6) is 0. The van der Waals surface area contributed by atoms with Crippen LogP contribution in [0.25, 0.3) is 0 Å². The summed E-state index contributed by atoms with van der Waals surface area (Å²) in [4.78, 5) is 11.2. The van der Waals surface area contributed by atoms with E-state index in [0.717, 1.165) is 12.8 Å². The molecule has 0 aliphatic carbocycles. The minimum Gasteiger partial charge on any atom is -0.450 e. The van der Waals surface area contributed by atoms with Crippen molar-refractivity contribution in [3.8, 4) is 0 Å². The number of hydrogen-bond acceptors (Lipinski definition) is 3. The highest BCUT2D eigenvalue weighted by atomic mass is 16.5.